The van der Waals surface area contributed by atoms with Crippen LogP contribution in [-0.4, -0.2) is 11.3 Å². The molecule has 1 heterocycles. The van der Waals surface area contributed by atoms with E-state index in [1.807, 2.05) is 0 Å². The Hall–Kier alpha value is -1.54. The summed E-state index contributed by atoms with van der Waals surface area (Å²) in [5, 5.41) is 8.54. The minimum Gasteiger partial charge on any atom is -0.298 e. The Morgan fingerprint density at radius 2 is 2.33 bits per heavy atom. The van der Waals surface area contributed by atoms with Gasteiger partial charge in [-0.15, -0.1) is 11.6 Å². The molecule has 1 rings (SSSR count). The van der Waals surface area contributed by atoms with Crippen molar-refractivity contribution in [2.75, 3.05) is 0 Å². The molecule has 0 aliphatic heterocycles. The van der Waals surface area contributed by atoms with Gasteiger partial charge in [-0.3, -0.25) is 4.79 Å². The van der Waals surface area contributed by atoms with Crippen LogP contribution in [0.15, 0.2) is 6.07 Å². The van der Waals surface area contributed by atoms with Gasteiger partial charge in [0.1, 0.15) is 11.8 Å². The molecule has 1 aromatic heterocycles. The van der Waals surface area contributed by atoms with Crippen LogP contribution in [0.3, 0.4) is 0 Å². The first-order valence-corrected chi connectivity index (χ1v) is 4.40. The first-order chi connectivity index (χ1) is 7.13. The number of pyridine rings is 1. The van der Waals surface area contributed by atoms with E-state index in [1.165, 1.54) is 0 Å². The molecule has 0 saturated heterocycles. The highest BCUT2D eigenvalue weighted by Gasteiger charge is 2.18. The number of hydrogen-bond donors (Lipinski definition) is 0. The van der Waals surface area contributed by atoms with Gasteiger partial charge in [0.05, 0.1) is 11.6 Å². The van der Waals surface area contributed by atoms with Crippen LogP contribution >= 0.6 is 11.6 Å². The van der Waals surface area contributed by atoms with E-state index in [-0.39, 0.29) is 29.1 Å². The van der Waals surface area contributed by atoms with E-state index in [1.54, 1.807) is 6.07 Å². The lowest BCUT2D eigenvalue weighted by atomic mass is 10.1. The van der Waals surface area contributed by atoms with Crippen LogP contribution in [0.4, 0.5) is 8.78 Å². The molecular weight excluding hydrogens is 226 g/mol. The van der Waals surface area contributed by atoms with Gasteiger partial charge in [0.15, 0.2) is 6.29 Å². The number of rotatable bonds is 3. The first kappa shape index (κ1) is 11.5. The number of nitrogens with zero attached hydrogens (tertiary/aromatic N) is 2. The van der Waals surface area contributed by atoms with Crippen LogP contribution in [0.25, 0.3) is 0 Å². The SMILES string of the molecule is N#Cc1cc(C(F)F)c(C=O)c(CCl)n1. The fraction of sp³-hybridized carbons (Fsp3) is 0.222. The van der Waals surface area contributed by atoms with Crippen molar-refractivity contribution in [3.63, 3.8) is 0 Å². The monoisotopic (exact) mass is 230 g/mol. The highest BCUT2D eigenvalue weighted by atomic mass is 35.5. The van der Waals surface area contributed by atoms with Crippen molar-refractivity contribution in [3.05, 3.63) is 28.6 Å². The highest BCUT2D eigenvalue weighted by Crippen LogP contribution is 2.25. The van der Waals surface area contributed by atoms with Crippen LogP contribution in [0.2, 0.25) is 0 Å². The summed E-state index contributed by atoms with van der Waals surface area (Å²) < 4.78 is 25.0. The Morgan fingerprint density at radius 3 is 2.73 bits per heavy atom. The highest BCUT2D eigenvalue weighted by molar-refractivity contribution is 6.17. The van der Waals surface area contributed by atoms with Gasteiger partial charge < -0.3 is 0 Å². The number of carbonyl (C=O) groups is 1. The van der Waals surface area contributed by atoms with Crippen LogP contribution in [-0.2, 0) is 5.88 Å². The second-order valence-electron chi connectivity index (χ2n) is 2.62. The van der Waals surface area contributed by atoms with Crippen molar-refractivity contribution in [3.8, 4) is 6.07 Å². The summed E-state index contributed by atoms with van der Waals surface area (Å²) in [7, 11) is 0. The van der Waals surface area contributed by atoms with Crippen LogP contribution in [0, 0.1) is 11.3 Å². The maximum Gasteiger partial charge on any atom is 0.264 e. The molecule has 0 aliphatic rings. The molecule has 0 spiro atoms. The second kappa shape index (κ2) is 4.80. The molecule has 78 valence electrons. The van der Waals surface area contributed by atoms with Crippen LogP contribution in [0.5, 0.6) is 0 Å². The van der Waals surface area contributed by atoms with E-state index in [9.17, 15) is 13.6 Å². The Morgan fingerprint density at radius 1 is 1.67 bits per heavy atom. The Balaban J connectivity index is 3.47. The third-order valence-electron chi connectivity index (χ3n) is 1.76. The average Bonchev–Trinajstić information content (AvgIpc) is 2.26. The fourth-order valence-electron chi connectivity index (χ4n) is 1.11. The predicted octanol–water partition coefficient (Wildman–Crippen LogP) is 2.44. The summed E-state index contributed by atoms with van der Waals surface area (Å²) in [4.78, 5) is 14.3. The molecule has 0 bridgehead atoms. The molecule has 15 heavy (non-hydrogen) atoms. The lowest BCUT2D eigenvalue weighted by Gasteiger charge is -2.07. The molecule has 6 heteroatoms. The van der Waals surface area contributed by atoms with Gasteiger partial charge in [0, 0.05) is 11.1 Å². The molecule has 0 N–H and O–H groups in total. The molecular formula is C9H5ClF2N2O. The number of nitriles is 1. The minimum absolute atomic E-state index is 0.000941. The van der Waals surface area contributed by atoms with Gasteiger partial charge in [-0.2, -0.15) is 5.26 Å². The predicted molar refractivity (Wildman–Crippen MR) is 48.9 cm³/mol. The molecule has 0 atom stereocenters. The topological polar surface area (TPSA) is 53.8 Å². The summed E-state index contributed by atoms with van der Waals surface area (Å²) in [5.74, 6) is -0.191. The zero-order valence-corrected chi connectivity index (χ0v) is 8.13. The van der Waals surface area contributed by atoms with Gasteiger partial charge in [0.2, 0.25) is 0 Å². The van der Waals surface area contributed by atoms with E-state index in [0.717, 1.165) is 6.07 Å². The van der Waals surface area contributed by atoms with Crippen LogP contribution < -0.4 is 0 Å². The van der Waals surface area contributed by atoms with E-state index in [4.69, 9.17) is 16.9 Å². The molecule has 0 unspecified atom stereocenters. The maximum absolute atomic E-state index is 12.5. The van der Waals surface area contributed by atoms with E-state index in [2.05, 4.69) is 4.98 Å². The Bertz CT molecular complexity index is 429. The van der Waals surface area contributed by atoms with Crippen molar-refractivity contribution in [1.82, 2.24) is 4.98 Å². The Kier molecular flexibility index (Phi) is 3.69. The van der Waals surface area contributed by atoms with Crippen molar-refractivity contribution >= 4 is 17.9 Å². The largest absolute Gasteiger partial charge is 0.298 e. The van der Waals surface area contributed by atoms with E-state index >= 15 is 0 Å². The molecule has 1 aromatic rings. The normalized spacial score (nSPS) is 10.1. The fourth-order valence-corrected chi connectivity index (χ4v) is 1.31. The molecule has 3 nitrogen and oxygen atoms in total. The van der Waals surface area contributed by atoms with Crippen molar-refractivity contribution < 1.29 is 13.6 Å². The lowest BCUT2D eigenvalue weighted by molar-refractivity contribution is 0.110. The molecule has 0 aliphatic carbocycles. The number of alkyl halides is 3. The second-order valence-corrected chi connectivity index (χ2v) is 2.89. The number of aromatic nitrogens is 1. The third-order valence-corrected chi connectivity index (χ3v) is 2.02. The molecule has 0 amide bonds. The number of carbonyl (C=O) groups excluding carboxylic acids is 1. The first-order valence-electron chi connectivity index (χ1n) is 3.87. The molecule has 0 radical (unpaired) electrons. The number of hydrogen-bond acceptors (Lipinski definition) is 3. The minimum atomic E-state index is -2.83. The van der Waals surface area contributed by atoms with Gasteiger partial charge in [-0.1, -0.05) is 0 Å². The van der Waals surface area contributed by atoms with Crippen LogP contribution in [0.1, 0.15) is 33.7 Å². The third kappa shape index (κ3) is 2.28. The summed E-state index contributed by atoms with van der Waals surface area (Å²) in [6.45, 7) is 0. The van der Waals surface area contributed by atoms with Gasteiger partial charge >= 0.3 is 0 Å². The van der Waals surface area contributed by atoms with Gasteiger partial charge in [0.25, 0.3) is 6.43 Å². The maximum atomic E-state index is 12.5. The summed E-state index contributed by atoms with van der Waals surface area (Å²) in [6, 6.07) is 2.52. The quantitative estimate of drug-likeness (QED) is 0.592. The van der Waals surface area contributed by atoms with Crippen molar-refractivity contribution in [2.24, 2.45) is 0 Å². The summed E-state index contributed by atoms with van der Waals surface area (Å²) in [6.07, 6.45) is -2.56. The Labute approximate surface area is 89.3 Å². The van der Waals surface area contributed by atoms with Crippen molar-refractivity contribution in [1.29, 1.82) is 5.26 Å². The number of aldehydes is 1. The average molecular weight is 231 g/mol. The van der Waals surface area contributed by atoms with E-state index < -0.39 is 12.0 Å². The standard InChI is InChI=1S/C9H5ClF2N2O/c10-2-8-7(4-15)6(9(11)12)1-5(3-13)14-8/h1,4,9H,2H2. The zero-order valence-electron chi connectivity index (χ0n) is 7.38. The van der Waals surface area contributed by atoms with Gasteiger partial charge in [-0.25, -0.2) is 13.8 Å². The van der Waals surface area contributed by atoms with Crippen molar-refractivity contribution in [2.45, 2.75) is 12.3 Å². The molecule has 0 saturated carbocycles. The smallest absolute Gasteiger partial charge is 0.264 e. The summed E-state index contributed by atoms with van der Waals surface area (Å²) in [5.41, 5.74) is -0.918. The molecule has 0 fully saturated rings. The molecule has 0 aromatic carbocycles. The lowest BCUT2D eigenvalue weighted by Crippen LogP contribution is -2.03. The van der Waals surface area contributed by atoms with Gasteiger partial charge in [-0.05, 0) is 6.07 Å². The zero-order chi connectivity index (χ0) is 11.4. The number of halogens is 3. The van der Waals surface area contributed by atoms with E-state index in [0.29, 0.717) is 0 Å². The summed E-state index contributed by atoms with van der Waals surface area (Å²) >= 11 is 5.44.